The van der Waals surface area contributed by atoms with Crippen molar-refractivity contribution in [2.24, 2.45) is 0 Å². The van der Waals surface area contributed by atoms with E-state index < -0.39 is 0 Å². The van der Waals surface area contributed by atoms with Gasteiger partial charge in [-0.15, -0.1) is 11.3 Å². The third-order valence-corrected chi connectivity index (χ3v) is 5.58. The lowest BCUT2D eigenvalue weighted by atomic mass is 10.3. The van der Waals surface area contributed by atoms with Gasteiger partial charge in [0.05, 0.1) is 13.1 Å². The van der Waals surface area contributed by atoms with Gasteiger partial charge in [-0.25, -0.2) is 9.67 Å². The van der Waals surface area contributed by atoms with Gasteiger partial charge in [0, 0.05) is 43.8 Å². The molecule has 2 aromatic rings. The van der Waals surface area contributed by atoms with Crippen molar-refractivity contribution in [3.05, 3.63) is 27.2 Å². The van der Waals surface area contributed by atoms with Crippen LogP contribution in [0.4, 0.5) is 0 Å². The maximum Gasteiger partial charge on any atom is 0.229 e. The van der Waals surface area contributed by atoms with Gasteiger partial charge < -0.3 is 9.47 Å². The molecular formula is C15H22N6OS2. The molecule has 1 aliphatic rings. The number of carbonyl (C=O) groups is 1. The van der Waals surface area contributed by atoms with E-state index in [-0.39, 0.29) is 5.91 Å². The van der Waals surface area contributed by atoms with E-state index in [4.69, 9.17) is 12.2 Å². The number of nitrogens with zero attached hydrogens (tertiary/aromatic N) is 6. The van der Waals surface area contributed by atoms with E-state index in [9.17, 15) is 4.79 Å². The average molecular weight is 367 g/mol. The Morgan fingerprint density at radius 3 is 2.67 bits per heavy atom. The van der Waals surface area contributed by atoms with Crippen LogP contribution in [0.3, 0.4) is 0 Å². The van der Waals surface area contributed by atoms with Gasteiger partial charge in [0.1, 0.15) is 11.3 Å². The molecule has 9 heteroatoms. The first-order valence-electron chi connectivity index (χ1n) is 8.10. The fraction of sp³-hybridized carbons (Fsp3) is 0.600. The van der Waals surface area contributed by atoms with Crippen LogP contribution in [0, 0.1) is 11.7 Å². The summed E-state index contributed by atoms with van der Waals surface area (Å²) in [6, 6.07) is 0. The zero-order valence-corrected chi connectivity index (χ0v) is 15.6. The van der Waals surface area contributed by atoms with Crippen LogP contribution < -0.4 is 0 Å². The van der Waals surface area contributed by atoms with Crippen molar-refractivity contribution in [3.8, 4) is 0 Å². The van der Waals surface area contributed by atoms with Gasteiger partial charge >= 0.3 is 0 Å². The molecule has 0 spiro atoms. The summed E-state index contributed by atoms with van der Waals surface area (Å²) in [7, 11) is 0. The van der Waals surface area contributed by atoms with Gasteiger partial charge in [-0.1, -0.05) is 0 Å². The SMILES string of the molecule is CCn1cnn(CN2CCN(C(=O)Cc3nc(C)cs3)CC2)c1=S. The van der Waals surface area contributed by atoms with Gasteiger partial charge in [-0.05, 0) is 26.1 Å². The lowest BCUT2D eigenvalue weighted by Crippen LogP contribution is -2.49. The largest absolute Gasteiger partial charge is 0.340 e. The van der Waals surface area contributed by atoms with E-state index in [0.717, 1.165) is 48.2 Å². The van der Waals surface area contributed by atoms with Gasteiger partial charge in [0.2, 0.25) is 5.91 Å². The van der Waals surface area contributed by atoms with Crippen molar-refractivity contribution in [1.29, 1.82) is 0 Å². The highest BCUT2D eigenvalue weighted by molar-refractivity contribution is 7.71. The molecule has 7 nitrogen and oxygen atoms in total. The molecule has 0 unspecified atom stereocenters. The van der Waals surface area contributed by atoms with Gasteiger partial charge in [0.15, 0.2) is 4.77 Å². The molecule has 0 radical (unpaired) electrons. The van der Waals surface area contributed by atoms with Crippen molar-refractivity contribution < 1.29 is 4.79 Å². The molecule has 0 N–H and O–H groups in total. The van der Waals surface area contributed by atoms with Crippen LogP contribution in [0.2, 0.25) is 0 Å². The lowest BCUT2D eigenvalue weighted by Gasteiger charge is -2.34. The Morgan fingerprint density at radius 2 is 2.08 bits per heavy atom. The summed E-state index contributed by atoms with van der Waals surface area (Å²) in [4.78, 5) is 21.0. The second-order valence-corrected chi connectivity index (χ2v) is 7.21. The van der Waals surface area contributed by atoms with E-state index in [1.165, 1.54) is 0 Å². The van der Waals surface area contributed by atoms with E-state index >= 15 is 0 Å². The maximum atomic E-state index is 12.4. The van der Waals surface area contributed by atoms with E-state index in [0.29, 0.717) is 13.1 Å². The van der Waals surface area contributed by atoms with Crippen LogP contribution in [0.25, 0.3) is 0 Å². The fourth-order valence-corrected chi connectivity index (χ4v) is 3.78. The highest BCUT2D eigenvalue weighted by Gasteiger charge is 2.22. The van der Waals surface area contributed by atoms with Crippen molar-refractivity contribution in [1.82, 2.24) is 29.1 Å². The van der Waals surface area contributed by atoms with Crippen LogP contribution in [0.1, 0.15) is 17.6 Å². The minimum Gasteiger partial charge on any atom is -0.340 e. The summed E-state index contributed by atoms with van der Waals surface area (Å²) in [5, 5.41) is 7.22. The van der Waals surface area contributed by atoms with Crippen molar-refractivity contribution in [3.63, 3.8) is 0 Å². The third-order valence-electron chi connectivity index (χ3n) is 4.17. The van der Waals surface area contributed by atoms with Crippen LogP contribution in [0.15, 0.2) is 11.7 Å². The predicted molar refractivity (Wildman–Crippen MR) is 95.4 cm³/mol. The van der Waals surface area contributed by atoms with Gasteiger partial charge in [-0.3, -0.25) is 9.69 Å². The normalized spacial score (nSPS) is 15.8. The molecular weight excluding hydrogens is 344 g/mol. The van der Waals surface area contributed by atoms with Crippen LogP contribution >= 0.6 is 23.6 Å². The quantitative estimate of drug-likeness (QED) is 0.752. The standard InChI is InChI=1S/C15H22N6OS2/c1-3-19-10-16-21(15(19)23)11-18-4-6-20(7-5-18)14(22)8-13-17-12(2)9-24-13/h9-10H,3-8,11H2,1-2H3. The molecule has 24 heavy (non-hydrogen) atoms. The van der Waals surface area contributed by atoms with Crippen LogP contribution in [0.5, 0.6) is 0 Å². The van der Waals surface area contributed by atoms with Crippen LogP contribution in [-0.2, 0) is 24.4 Å². The highest BCUT2D eigenvalue weighted by atomic mass is 32.1. The number of amides is 1. The summed E-state index contributed by atoms with van der Waals surface area (Å²) in [6.45, 7) is 8.67. The second kappa shape index (κ2) is 7.54. The Bertz CT molecular complexity index is 756. The van der Waals surface area contributed by atoms with E-state index in [2.05, 4.69) is 21.9 Å². The predicted octanol–water partition coefficient (Wildman–Crippen LogP) is 1.54. The highest BCUT2D eigenvalue weighted by Crippen LogP contribution is 2.12. The monoisotopic (exact) mass is 366 g/mol. The Balaban J connectivity index is 1.51. The summed E-state index contributed by atoms with van der Waals surface area (Å²) >= 11 is 6.95. The molecule has 130 valence electrons. The minimum absolute atomic E-state index is 0.163. The first kappa shape index (κ1) is 17.2. The average Bonchev–Trinajstić information content (AvgIpc) is 3.14. The summed E-state index contributed by atoms with van der Waals surface area (Å²) < 4.78 is 4.54. The van der Waals surface area contributed by atoms with E-state index in [1.54, 1.807) is 17.7 Å². The molecule has 0 bridgehead atoms. The van der Waals surface area contributed by atoms with Crippen molar-refractivity contribution in [2.75, 3.05) is 26.2 Å². The molecule has 1 amide bonds. The number of hydrogen-bond donors (Lipinski definition) is 0. The molecule has 1 fully saturated rings. The summed E-state index contributed by atoms with van der Waals surface area (Å²) in [5.74, 6) is 0.163. The van der Waals surface area contributed by atoms with Crippen molar-refractivity contribution >= 4 is 29.5 Å². The Morgan fingerprint density at radius 1 is 1.33 bits per heavy atom. The lowest BCUT2D eigenvalue weighted by molar-refractivity contribution is -0.132. The molecule has 0 aromatic carbocycles. The number of rotatable bonds is 5. The van der Waals surface area contributed by atoms with E-state index in [1.807, 2.05) is 26.5 Å². The Kier molecular flexibility index (Phi) is 5.42. The topological polar surface area (TPSA) is 59.2 Å². The number of aryl methyl sites for hydroxylation is 2. The van der Waals surface area contributed by atoms with Gasteiger partial charge in [0.25, 0.3) is 0 Å². The molecule has 0 atom stereocenters. The number of carbonyl (C=O) groups excluding carboxylic acids is 1. The first-order valence-corrected chi connectivity index (χ1v) is 9.39. The zero-order chi connectivity index (χ0) is 17.1. The number of hydrogen-bond acceptors (Lipinski definition) is 6. The molecule has 3 rings (SSSR count). The smallest absolute Gasteiger partial charge is 0.229 e. The molecule has 0 saturated carbocycles. The summed E-state index contributed by atoms with van der Waals surface area (Å²) in [6.07, 6.45) is 2.18. The third kappa shape index (κ3) is 3.90. The summed E-state index contributed by atoms with van der Waals surface area (Å²) in [5.41, 5.74) is 0.982. The molecule has 0 aliphatic carbocycles. The number of aromatic nitrogens is 4. The molecule has 2 aromatic heterocycles. The first-order chi connectivity index (χ1) is 11.6. The van der Waals surface area contributed by atoms with Crippen LogP contribution in [-0.4, -0.2) is 61.2 Å². The Hall–Kier alpha value is -1.58. The molecule has 3 heterocycles. The van der Waals surface area contributed by atoms with Gasteiger partial charge in [-0.2, -0.15) is 5.10 Å². The minimum atomic E-state index is 0.163. The maximum absolute atomic E-state index is 12.4. The number of piperazine rings is 1. The zero-order valence-electron chi connectivity index (χ0n) is 14.0. The second-order valence-electron chi connectivity index (χ2n) is 5.90. The molecule has 1 saturated heterocycles. The van der Waals surface area contributed by atoms with Crippen molar-refractivity contribution in [2.45, 2.75) is 33.5 Å². The fourth-order valence-electron chi connectivity index (χ4n) is 2.74. The Labute approximate surface area is 150 Å². The number of thiazole rings is 1. The molecule has 1 aliphatic heterocycles.